The Kier molecular flexibility index (Phi) is 6.24. The van der Waals surface area contributed by atoms with E-state index in [1.165, 1.54) is 5.56 Å². The van der Waals surface area contributed by atoms with Crippen LogP contribution in [0.5, 0.6) is 0 Å². The van der Waals surface area contributed by atoms with Crippen molar-refractivity contribution >= 4 is 28.9 Å². The molecule has 3 aromatic carbocycles. The lowest BCUT2D eigenvalue weighted by Crippen LogP contribution is -2.40. The SMILES string of the molecule is CC[C@@H](C)[C@@H]1N=C(c2ccccc2)c2cc(Cl)ccc2N(Cc2cccc(C)c2)C1=O. The normalized spacial score (nSPS) is 17.0. The molecule has 0 aliphatic carbocycles. The minimum atomic E-state index is -0.448. The van der Waals surface area contributed by atoms with E-state index in [9.17, 15) is 4.79 Å². The highest BCUT2D eigenvalue weighted by atomic mass is 35.5. The summed E-state index contributed by atoms with van der Waals surface area (Å²) in [6.07, 6.45) is 0.872. The molecule has 3 aromatic rings. The number of amides is 1. The monoisotopic (exact) mass is 430 g/mol. The number of hydrogen-bond donors (Lipinski definition) is 0. The van der Waals surface area contributed by atoms with Gasteiger partial charge in [0, 0.05) is 16.1 Å². The van der Waals surface area contributed by atoms with Gasteiger partial charge < -0.3 is 4.90 Å². The number of anilines is 1. The Morgan fingerprint density at radius 3 is 2.52 bits per heavy atom. The predicted octanol–water partition coefficient (Wildman–Crippen LogP) is 6.45. The summed E-state index contributed by atoms with van der Waals surface area (Å²) in [4.78, 5) is 20.8. The van der Waals surface area contributed by atoms with E-state index >= 15 is 0 Å². The van der Waals surface area contributed by atoms with Gasteiger partial charge in [-0.3, -0.25) is 9.79 Å². The Bertz CT molecular complexity index is 1120. The van der Waals surface area contributed by atoms with Gasteiger partial charge in [0.1, 0.15) is 6.04 Å². The molecule has 0 bridgehead atoms. The van der Waals surface area contributed by atoms with Crippen LogP contribution >= 0.6 is 11.6 Å². The molecule has 0 spiro atoms. The summed E-state index contributed by atoms with van der Waals surface area (Å²) in [5, 5.41) is 0.632. The summed E-state index contributed by atoms with van der Waals surface area (Å²) >= 11 is 6.42. The highest BCUT2D eigenvalue weighted by Crippen LogP contribution is 2.34. The lowest BCUT2D eigenvalue weighted by atomic mass is 9.97. The van der Waals surface area contributed by atoms with Crippen LogP contribution in [-0.4, -0.2) is 17.7 Å². The van der Waals surface area contributed by atoms with Crippen LogP contribution in [0.25, 0.3) is 0 Å². The quantitative estimate of drug-likeness (QED) is 0.458. The Morgan fingerprint density at radius 2 is 1.81 bits per heavy atom. The minimum Gasteiger partial charge on any atom is -0.305 e. The van der Waals surface area contributed by atoms with E-state index in [0.717, 1.165) is 34.5 Å². The van der Waals surface area contributed by atoms with Gasteiger partial charge in [0.15, 0.2) is 0 Å². The van der Waals surface area contributed by atoms with Gasteiger partial charge >= 0.3 is 0 Å². The summed E-state index contributed by atoms with van der Waals surface area (Å²) in [6, 6.07) is 23.6. The van der Waals surface area contributed by atoms with Crippen molar-refractivity contribution in [3.05, 3.63) is 100 Å². The van der Waals surface area contributed by atoms with Gasteiger partial charge in [-0.25, -0.2) is 0 Å². The molecule has 0 fully saturated rings. The average Bonchev–Trinajstić information content (AvgIpc) is 2.89. The maximum atomic E-state index is 13.8. The number of fused-ring (bicyclic) bond motifs is 1. The second-order valence-electron chi connectivity index (χ2n) is 8.25. The van der Waals surface area contributed by atoms with Crippen molar-refractivity contribution in [3.63, 3.8) is 0 Å². The number of rotatable bonds is 5. The standard InChI is InChI=1S/C27H27ClN2O/c1-4-19(3)25-27(31)30(17-20-10-8-9-18(2)15-20)24-14-13-22(28)16-23(24)26(29-25)21-11-6-5-7-12-21/h5-16,19,25H,4,17H2,1-3H3/t19-,25+/m1/s1. The highest BCUT2D eigenvalue weighted by Gasteiger charge is 2.34. The van der Waals surface area contributed by atoms with E-state index < -0.39 is 6.04 Å². The van der Waals surface area contributed by atoms with Crippen LogP contribution in [0.1, 0.15) is 42.5 Å². The highest BCUT2D eigenvalue weighted by molar-refractivity contribution is 6.32. The number of aryl methyl sites for hydroxylation is 1. The number of carbonyl (C=O) groups is 1. The van der Waals surface area contributed by atoms with Crippen molar-refractivity contribution in [2.75, 3.05) is 4.90 Å². The van der Waals surface area contributed by atoms with E-state index in [2.05, 4.69) is 39.0 Å². The van der Waals surface area contributed by atoms with Crippen molar-refractivity contribution in [2.24, 2.45) is 10.9 Å². The molecule has 0 N–H and O–H groups in total. The van der Waals surface area contributed by atoms with Gasteiger partial charge in [0.25, 0.3) is 5.91 Å². The molecule has 158 valence electrons. The number of benzene rings is 3. The van der Waals surface area contributed by atoms with Crippen LogP contribution in [0.4, 0.5) is 5.69 Å². The van der Waals surface area contributed by atoms with E-state index in [0.29, 0.717) is 11.6 Å². The molecule has 2 atom stereocenters. The average molecular weight is 431 g/mol. The number of carbonyl (C=O) groups excluding carboxylic acids is 1. The molecule has 31 heavy (non-hydrogen) atoms. The van der Waals surface area contributed by atoms with Gasteiger partial charge in [-0.1, -0.05) is 92.0 Å². The topological polar surface area (TPSA) is 32.7 Å². The minimum absolute atomic E-state index is 0.0327. The smallest absolute Gasteiger partial charge is 0.252 e. The third-order valence-corrected chi connectivity index (χ3v) is 6.18. The summed E-state index contributed by atoms with van der Waals surface area (Å²) in [6.45, 7) is 6.78. The first-order chi connectivity index (χ1) is 15.0. The van der Waals surface area contributed by atoms with Crippen LogP contribution in [0.3, 0.4) is 0 Å². The molecular formula is C27H27ClN2O. The van der Waals surface area contributed by atoms with E-state index in [4.69, 9.17) is 16.6 Å². The molecule has 0 aromatic heterocycles. The fraction of sp³-hybridized carbons (Fsp3) is 0.259. The first kappa shape index (κ1) is 21.3. The van der Waals surface area contributed by atoms with Crippen LogP contribution < -0.4 is 4.90 Å². The summed E-state index contributed by atoms with van der Waals surface area (Å²) in [5.74, 6) is 0.154. The Balaban J connectivity index is 1.91. The van der Waals surface area contributed by atoms with Crippen molar-refractivity contribution in [3.8, 4) is 0 Å². The maximum absolute atomic E-state index is 13.8. The number of nitrogens with zero attached hydrogens (tertiary/aromatic N) is 2. The van der Waals surface area contributed by atoms with Gasteiger partial charge in [-0.2, -0.15) is 0 Å². The fourth-order valence-corrected chi connectivity index (χ4v) is 4.22. The molecule has 1 amide bonds. The first-order valence-electron chi connectivity index (χ1n) is 10.8. The Morgan fingerprint density at radius 1 is 1.03 bits per heavy atom. The summed E-state index contributed by atoms with van der Waals surface area (Å²) < 4.78 is 0. The van der Waals surface area contributed by atoms with Crippen LogP contribution in [0.15, 0.2) is 77.8 Å². The molecule has 1 aliphatic heterocycles. The van der Waals surface area contributed by atoms with Crippen molar-refractivity contribution in [1.82, 2.24) is 0 Å². The maximum Gasteiger partial charge on any atom is 0.252 e. The zero-order chi connectivity index (χ0) is 22.0. The molecule has 0 saturated heterocycles. The van der Waals surface area contributed by atoms with Crippen molar-refractivity contribution in [1.29, 1.82) is 0 Å². The largest absolute Gasteiger partial charge is 0.305 e. The third kappa shape index (κ3) is 4.42. The molecular weight excluding hydrogens is 404 g/mol. The predicted molar refractivity (Wildman–Crippen MR) is 129 cm³/mol. The first-order valence-corrected chi connectivity index (χ1v) is 11.2. The van der Waals surface area contributed by atoms with Gasteiger partial charge in [-0.05, 0) is 36.6 Å². The molecule has 3 nitrogen and oxygen atoms in total. The molecule has 1 heterocycles. The molecule has 1 aliphatic rings. The summed E-state index contributed by atoms with van der Waals surface area (Å²) in [7, 11) is 0. The Labute approximate surface area is 189 Å². The lowest BCUT2D eigenvalue weighted by molar-refractivity contribution is -0.120. The van der Waals surface area contributed by atoms with Crippen LogP contribution in [-0.2, 0) is 11.3 Å². The van der Waals surface area contributed by atoms with Crippen LogP contribution in [0.2, 0.25) is 5.02 Å². The lowest BCUT2D eigenvalue weighted by Gasteiger charge is -2.27. The van der Waals surface area contributed by atoms with Gasteiger partial charge in [0.2, 0.25) is 0 Å². The van der Waals surface area contributed by atoms with Crippen molar-refractivity contribution in [2.45, 2.75) is 39.8 Å². The molecule has 4 heteroatoms. The van der Waals surface area contributed by atoms with E-state index in [-0.39, 0.29) is 11.8 Å². The molecule has 0 saturated carbocycles. The second-order valence-corrected chi connectivity index (χ2v) is 8.69. The Hall–Kier alpha value is -2.91. The number of hydrogen-bond acceptors (Lipinski definition) is 2. The number of aliphatic imine (C=N–C) groups is 1. The van der Waals surface area contributed by atoms with Gasteiger partial charge in [-0.15, -0.1) is 0 Å². The van der Waals surface area contributed by atoms with Crippen molar-refractivity contribution < 1.29 is 4.79 Å². The summed E-state index contributed by atoms with van der Waals surface area (Å²) in [5.41, 5.74) is 5.83. The third-order valence-electron chi connectivity index (χ3n) is 5.95. The zero-order valence-corrected chi connectivity index (χ0v) is 18.9. The molecule has 4 rings (SSSR count). The number of benzodiazepines with no additional fused rings is 1. The molecule has 0 radical (unpaired) electrons. The van der Waals surface area contributed by atoms with Gasteiger partial charge in [0.05, 0.1) is 17.9 Å². The second kappa shape index (κ2) is 9.07. The van der Waals surface area contributed by atoms with E-state index in [1.807, 2.05) is 59.5 Å². The fourth-order valence-electron chi connectivity index (χ4n) is 4.05. The zero-order valence-electron chi connectivity index (χ0n) is 18.2. The number of halogens is 1. The van der Waals surface area contributed by atoms with Crippen LogP contribution in [0, 0.1) is 12.8 Å². The molecule has 0 unspecified atom stereocenters. The van der Waals surface area contributed by atoms with E-state index in [1.54, 1.807) is 0 Å².